The van der Waals surface area contributed by atoms with Crippen LogP contribution in [0.3, 0.4) is 0 Å². The lowest BCUT2D eigenvalue weighted by atomic mass is 9.75. The summed E-state index contributed by atoms with van der Waals surface area (Å²) < 4.78 is 1.91. The van der Waals surface area contributed by atoms with Crippen LogP contribution in [0, 0.1) is 43.4 Å². The highest BCUT2D eigenvalue weighted by Crippen LogP contribution is 2.35. The fourth-order valence-corrected chi connectivity index (χ4v) is 5.75. The first-order valence-corrected chi connectivity index (χ1v) is 13.9. The van der Waals surface area contributed by atoms with Crippen LogP contribution in [0.2, 0.25) is 0 Å². The summed E-state index contributed by atoms with van der Waals surface area (Å²) >= 11 is 0. The molecule has 4 aromatic rings. The first-order chi connectivity index (χ1) is 18.4. The fourth-order valence-electron chi connectivity index (χ4n) is 5.75. The predicted molar refractivity (Wildman–Crippen MR) is 153 cm³/mol. The maximum atomic E-state index is 13.2. The number of Topliss-reactive ketones (excluding diaryl/α,β-unsaturated/α-hetero) is 1. The van der Waals surface area contributed by atoms with Gasteiger partial charge < -0.3 is 0 Å². The summed E-state index contributed by atoms with van der Waals surface area (Å²) in [5, 5.41) is 0. The second kappa shape index (κ2) is 11.4. The highest BCUT2D eigenvalue weighted by atomic mass is 16.1. The van der Waals surface area contributed by atoms with Crippen molar-refractivity contribution in [1.82, 2.24) is 14.4 Å². The summed E-state index contributed by atoms with van der Waals surface area (Å²) in [6.07, 6.45) is 14.0. The quantitative estimate of drug-likeness (QED) is 0.207. The van der Waals surface area contributed by atoms with Gasteiger partial charge in [-0.05, 0) is 97.9 Å². The number of nitrogens with zero attached hydrogens (tertiary/aromatic N) is 3. The van der Waals surface area contributed by atoms with E-state index < -0.39 is 0 Å². The molecule has 0 N–H and O–H groups in total. The van der Waals surface area contributed by atoms with E-state index >= 15 is 0 Å². The van der Waals surface area contributed by atoms with E-state index in [0.717, 1.165) is 52.2 Å². The van der Waals surface area contributed by atoms with Crippen LogP contribution in [0.1, 0.15) is 83.4 Å². The number of benzene rings is 2. The Labute approximate surface area is 226 Å². The Hall–Kier alpha value is -3.71. The third kappa shape index (κ3) is 5.89. The summed E-state index contributed by atoms with van der Waals surface area (Å²) in [5.41, 5.74) is 7.98. The molecule has 0 saturated heterocycles. The van der Waals surface area contributed by atoms with Gasteiger partial charge in [0.05, 0.1) is 12.4 Å². The van der Waals surface area contributed by atoms with E-state index in [9.17, 15) is 4.79 Å². The molecular weight excluding hydrogens is 466 g/mol. The Morgan fingerprint density at radius 2 is 1.82 bits per heavy atom. The van der Waals surface area contributed by atoms with Crippen LogP contribution >= 0.6 is 0 Å². The molecule has 0 aliphatic heterocycles. The third-order valence-corrected chi connectivity index (χ3v) is 8.32. The van der Waals surface area contributed by atoms with Crippen molar-refractivity contribution in [2.75, 3.05) is 0 Å². The van der Waals surface area contributed by atoms with E-state index in [1.54, 1.807) is 18.6 Å². The van der Waals surface area contributed by atoms with E-state index in [0.29, 0.717) is 12.0 Å². The van der Waals surface area contributed by atoms with Gasteiger partial charge >= 0.3 is 0 Å². The lowest BCUT2D eigenvalue weighted by Gasteiger charge is -2.31. The van der Waals surface area contributed by atoms with Crippen LogP contribution in [-0.2, 0) is 12.8 Å². The van der Waals surface area contributed by atoms with Crippen molar-refractivity contribution in [3.05, 3.63) is 100 Å². The highest BCUT2D eigenvalue weighted by Gasteiger charge is 2.23. The number of ketones is 1. The van der Waals surface area contributed by atoms with Crippen molar-refractivity contribution in [3.8, 4) is 11.8 Å². The van der Waals surface area contributed by atoms with Crippen LogP contribution in [0.4, 0.5) is 0 Å². The molecule has 1 saturated carbocycles. The molecular formula is C34H37N3O. The Balaban J connectivity index is 1.25. The number of fused-ring (bicyclic) bond motifs is 1. The second-order valence-corrected chi connectivity index (χ2v) is 11.3. The minimum Gasteiger partial charge on any atom is -0.294 e. The lowest BCUT2D eigenvalue weighted by Crippen LogP contribution is -2.20. The Morgan fingerprint density at radius 3 is 2.58 bits per heavy atom. The van der Waals surface area contributed by atoms with Crippen LogP contribution in [0.25, 0.3) is 5.65 Å². The van der Waals surface area contributed by atoms with Crippen molar-refractivity contribution < 1.29 is 4.79 Å². The van der Waals surface area contributed by atoms with Crippen molar-refractivity contribution in [2.24, 2.45) is 17.8 Å². The van der Waals surface area contributed by atoms with Gasteiger partial charge in [0.15, 0.2) is 11.4 Å². The molecule has 0 bridgehead atoms. The molecule has 1 aliphatic rings. The number of rotatable bonds is 6. The Bertz CT molecular complexity index is 1510. The number of carbonyl (C=O) groups excluding carboxylic acids is 1. The van der Waals surface area contributed by atoms with Gasteiger partial charge in [-0.3, -0.25) is 14.2 Å². The van der Waals surface area contributed by atoms with Crippen molar-refractivity contribution in [1.29, 1.82) is 0 Å². The molecule has 0 radical (unpaired) electrons. The van der Waals surface area contributed by atoms with Gasteiger partial charge in [-0.1, -0.05) is 50.1 Å². The van der Waals surface area contributed by atoms with Gasteiger partial charge in [0.25, 0.3) is 0 Å². The molecule has 0 unspecified atom stereocenters. The van der Waals surface area contributed by atoms with Crippen LogP contribution in [-0.4, -0.2) is 20.2 Å². The second-order valence-electron chi connectivity index (χ2n) is 11.3. The zero-order valence-electron chi connectivity index (χ0n) is 23.0. The highest BCUT2D eigenvalue weighted by molar-refractivity contribution is 5.98. The first kappa shape index (κ1) is 25.9. The zero-order valence-corrected chi connectivity index (χ0v) is 23.0. The molecule has 194 valence electrons. The third-order valence-electron chi connectivity index (χ3n) is 8.32. The van der Waals surface area contributed by atoms with Crippen molar-refractivity contribution in [3.63, 3.8) is 0 Å². The summed E-state index contributed by atoms with van der Waals surface area (Å²) in [7, 11) is 0. The standard InChI is InChI=1S/C34H37N3O/c1-23(2)28-10-6-26(7-11-28)18-29-12-8-27(17-25(29)4)19-33(38)31-9-5-24(3)30(20-31)13-14-32-21-36-34-22-35-15-16-37(32)34/h5,8-9,12,15-17,20-23,26,28H,6-7,10-11,18-19H2,1-4H3. The van der Waals surface area contributed by atoms with E-state index in [2.05, 4.69) is 60.8 Å². The molecule has 4 heteroatoms. The van der Waals surface area contributed by atoms with Crippen LogP contribution in [0.15, 0.2) is 61.2 Å². The maximum absolute atomic E-state index is 13.2. The maximum Gasteiger partial charge on any atom is 0.167 e. The van der Waals surface area contributed by atoms with Gasteiger partial charge in [0, 0.05) is 29.9 Å². The van der Waals surface area contributed by atoms with Gasteiger partial charge in [0.1, 0.15) is 5.69 Å². The van der Waals surface area contributed by atoms with E-state index in [-0.39, 0.29) is 5.78 Å². The van der Waals surface area contributed by atoms with Crippen molar-refractivity contribution >= 4 is 11.4 Å². The lowest BCUT2D eigenvalue weighted by molar-refractivity contribution is 0.0993. The number of hydrogen-bond donors (Lipinski definition) is 0. The zero-order chi connectivity index (χ0) is 26.6. The average molecular weight is 504 g/mol. The van der Waals surface area contributed by atoms with Crippen LogP contribution in [0.5, 0.6) is 0 Å². The van der Waals surface area contributed by atoms with E-state index in [4.69, 9.17) is 0 Å². The largest absolute Gasteiger partial charge is 0.294 e. The Kier molecular flexibility index (Phi) is 7.74. The monoisotopic (exact) mass is 503 g/mol. The van der Waals surface area contributed by atoms with E-state index in [1.807, 2.05) is 35.7 Å². The minimum atomic E-state index is 0.119. The molecule has 0 spiro atoms. The smallest absolute Gasteiger partial charge is 0.167 e. The summed E-state index contributed by atoms with van der Waals surface area (Å²) in [6.45, 7) is 8.94. The molecule has 1 aliphatic carbocycles. The number of hydrogen-bond acceptors (Lipinski definition) is 3. The van der Waals surface area contributed by atoms with Crippen LogP contribution < -0.4 is 0 Å². The molecule has 0 amide bonds. The predicted octanol–water partition coefficient (Wildman–Crippen LogP) is 7.18. The van der Waals surface area contributed by atoms with Crippen molar-refractivity contribution in [2.45, 2.75) is 66.2 Å². The fraction of sp³-hybridized carbons (Fsp3) is 0.382. The molecule has 2 heterocycles. The Morgan fingerprint density at radius 1 is 1.00 bits per heavy atom. The molecule has 2 aromatic carbocycles. The topological polar surface area (TPSA) is 47.3 Å². The number of imidazole rings is 1. The van der Waals surface area contributed by atoms with E-state index in [1.165, 1.54) is 36.8 Å². The molecule has 2 aromatic heterocycles. The van der Waals surface area contributed by atoms with Gasteiger partial charge in [-0.25, -0.2) is 4.98 Å². The molecule has 5 rings (SSSR count). The molecule has 0 atom stereocenters. The normalized spacial score (nSPS) is 17.4. The molecule has 38 heavy (non-hydrogen) atoms. The van der Waals surface area contributed by atoms with Gasteiger partial charge in [-0.2, -0.15) is 0 Å². The minimum absolute atomic E-state index is 0.119. The van der Waals surface area contributed by atoms with Gasteiger partial charge in [-0.15, -0.1) is 0 Å². The number of aryl methyl sites for hydroxylation is 2. The summed E-state index contributed by atoms with van der Waals surface area (Å²) in [5.74, 6) is 9.07. The first-order valence-electron chi connectivity index (χ1n) is 13.9. The SMILES string of the molecule is Cc1ccc(C(=O)Cc2ccc(CC3CCC(C(C)C)CC3)c(C)c2)cc1C#Cc1cnc2cnccn12. The average Bonchev–Trinajstić information content (AvgIpc) is 3.33. The molecule has 1 fully saturated rings. The number of aromatic nitrogens is 3. The van der Waals surface area contributed by atoms with Gasteiger partial charge in [0.2, 0.25) is 0 Å². The molecule has 4 nitrogen and oxygen atoms in total. The summed E-state index contributed by atoms with van der Waals surface area (Å²) in [4.78, 5) is 21.7. The number of carbonyl (C=O) groups is 1. The summed E-state index contributed by atoms with van der Waals surface area (Å²) in [6, 6.07) is 12.4.